The number of aromatic nitrogens is 3. The summed E-state index contributed by atoms with van der Waals surface area (Å²) in [4.78, 5) is 41.2. The average Bonchev–Trinajstić information content (AvgIpc) is 3.11. The lowest BCUT2D eigenvalue weighted by Crippen LogP contribution is -2.38. The van der Waals surface area contributed by atoms with Crippen molar-refractivity contribution >= 4 is 23.2 Å². The molecule has 0 radical (unpaired) electrons. The maximum Gasteiger partial charge on any atom is 0.274 e. The fraction of sp³-hybridized carbons (Fsp3) is 0.438. The Bertz CT molecular complexity index is 731. The van der Waals surface area contributed by atoms with E-state index in [2.05, 4.69) is 15.0 Å². The summed E-state index contributed by atoms with van der Waals surface area (Å²) in [6.45, 7) is 0.663. The van der Waals surface area contributed by atoms with Crippen molar-refractivity contribution in [1.82, 2.24) is 24.8 Å². The summed E-state index contributed by atoms with van der Waals surface area (Å²) in [7, 11) is 3.43. The highest BCUT2D eigenvalue weighted by Crippen LogP contribution is 2.34. The zero-order valence-corrected chi connectivity index (χ0v) is 14.5. The van der Waals surface area contributed by atoms with Crippen LogP contribution in [0.25, 0.3) is 0 Å². The quantitative estimate of drug-likeness (QED) is 0.850. The Balaban J connectivity index is 1.85. The minimum Gasteiger partial charge on any atom is -0.344 e. The van der Waals surface area contributed by atoms with Crippen LogP contribution in [0.2, 0.25) is 0 Å². The Morgan fingerprint density at radius 1 is 1.21 bits per heavy atom. The lowest BCUT2D eigenvalue weighted by Gasteiger charge is -2.34. The second kappa shape index (κ2) is 7.04. The van der Waals surface area contributed by atoms with E-state index in [1.54, 1.807) is 31.4 Å². The molecule has 0 N–H and O–H groups in total. The SMILES string of the molecule is CN(C)C(=O)c1cnc([C@H]2CCCCN2C(=O)c2cnccn2)s1. The number of carbonyl (C=O) groups is 2. The first-order valence-electron chi connectivity index (χ1n) is 7.82. The first kappa shape index (κ1) is 16.5. The molecule has 126 valence electrons. The molecule has 24 heavy (non-hydrogen) atoms. The van der Waals surface area contributed by atoms with Gasteiger partial charge in [-0.15, -0.1) is 11.3 Å². The van der Waals surface area contributed by atoms with Gasteiger partial charge in [0, 0.05) is 33.0 Å². The van der Waals surface area contributed by atoms with Crippen molar-refractivity contribution < 1.29 is 9.59 Å². The van der Waals surface area contributed by atoms with Crippen LogP contribution in [-0.2, 0) is 0 Å². The zero-order valence-electron chi connectivity index (χ0n) is 13.7. The van der Waals surface area contributed by atoms with E-state index in [0.29, 0.717) is 17.1 Å². The molecule has 0 unspecified atom stereocenters. The molecule has 1 fully saturated rings. The van der Waals surface area contributed by atoms with Crippen LogP contribution in [0.1, 0.15) is 50.5 Å². The van der Waals surface area contributed by atoms with Gasteiger partial charge in [-0.3, -0.25) is 14.6 Å². The second-order valence-electron chi connectivity index (χ2n) is 5.86. The van der Waals surface area contributed by atoms with E-state index in [4.69, 9.17) is 0 Å². The van der Waals surface area contributed by atoms with Crippen LogP contribution < -0.4 is 0 Å². The summed E-state index contributed by atoms with van der Waals surface area (Å²) in [5, 5.41) is 0.803. The van der Waals surface area contributed by atoms with E-state index in [-0.39, 0.29) is 17.9 Å². The maximum absolute atomic E-state index is 12.8. The average molecular weight is 345 g/mol. The van der Waals surface area contributed by atoms with Gasteiger partial charge in [-0.25, -0.2) is 9.97 Å². The zero-order chi connectivity index (χ0) is 17.1. The summed E-state index contributed by atoms with van der Waals surface area (Å²) >= 11 is 1.36. The summed E-state index contributed by atoms with van der Waals surface area (Å²) in [6.07, 6.45) is 8.98. The van der Waals surface area contributed by atoms with Gasteiger partial charge in [-0.1, -0.05) is 0 Å². The van der Waals surface area contributed by atoms with E-state index in [9.17, 15) is 9.59 Å². The molecular weight excluding hydrogens is 326 g/mol. The smallest absolute Gasteiger partial charge is 0.274 e. The van der Waals surface area contributed by atoms with Crippen molar-refractivity contribution in [3.05, 3.63) is 40.4 Å². The van der Waals surface area contributed by atoms with Crippen LogP contribution in [0.5, 0.6) is 0 Å². The maximum atomic E-state index is 12.8. The summed E-state index contributed by atoms with van der Waals surface area (Å²) < 4.78 is 0. The number of rotatable bonds is 3. The van der Waals surface area contributed by atoms with E-state index in [0.717, 1.165) is 24.3 Å². The van der Waals surface area contributed by atoms with Gasteiger partial charge in [0.2, 0.25) is 0 Å². The highest BCUT2D eigenvalue weighted by atomic mass is 32.1. The van der Waals surface area contributed by atoms with Crippen LogP contribution in [0.3, 0.4) is 0 Å². The number of hydrogen-bond acceptors (Lipinski definition) is 6. The van der Waals surface area contributed by atoms with Gasteiger partial charge in [0.05, 0.1) is 18.4 Å². The van der Waals surface area contributed by atoms with Crippen molar-refractivity contribution in [2.45, 2.75) is 25.3 Å². The van der Waals surface area contributed by atoms with E-state index in [1.165, 1.54) is 28.6 Å². The monoisotopic (exact) mass is 345 g/mol. The number of nitrogens with zero attached hydrogens (tertiary/aromatic N) is 5. The van der Waals surface area contributed by atoms with Crippen molar-refractivity contribution in [1.29, 1.82) is 0 Å². The van der Waals surface area contributed by atoms with Gasteiger partial charge in [0.25, 0.3) is 11.8 Å². The molecule has 1 aliphatic rings. The standard InChI is InChI=1S/C16H19N5O2S/c1-20(2)16(23)13-10-19-14(24-13)12-5-3-4-8-21(12)15(22)11-9-17-6-7-18-11/h6-7,9-10,12H,3-5,8H2,1-2H3/t12-/m1/s1. The molecule has 1 atom stereocenters. The number of hydrogen-bond donors (Lipinski definition) is 0. The predicted molar refractivity (Wildman–Crippen MR) is 89.8 cm³/mol. The Labute approximate surface area is 144 Å². The third-order valence-corrected chi connectivity index (χ3v) is 5.06. The first-order valence-corrected chi connectivity index (χ1v) is 8.64. The predicted octanol–water partition coefficient (Wildman–Crippen LogP) is 2.00. The fourth-order valence-electron chi connectivity index (χ4n) is 2.75. The molecule has 8 heteroatoms. The van der Waals surface area contributed by atoms with Crippen molar-refractivity contribution in [2.75, 3.05) is 20.6 Å². The normalized spacial score (nSPS) is 17.6. The lowest BCUT2D eigenvalue weighted by molar-refractivity contribution is 0.0604. The molecule has 0 spiro atoms. The molecule has 1 aliphatic heterocycles. The van der Waals surface area contributed by atoms with Crippen molar-refractivity contribution in [3.8, 4) is 0 Å². The van der Waals surface area contributed by atoms with E-state index < -0.39 is 0 Å². The van der Waals surface area contributed by atoms with Gasteiger partial charge in [-0.2, -0.15) is 0 Å². The number of piperidine rings is 1. The second-order valence-corrected chi connectivity index (χ2v) is 6.93. The van der Waals surface area contributed by atoms with Gasteiger partial charge in [0.1, 0.15) is 15.6 Å². The summed E-state index contributed by atoms with van der Waals surface area (Å²) in [5.74, 6) is -0.204. The number of thiazole rings is 1. The largest absolute Gasteiger partial charge is 0.344 e. The minimum absolute atomic E-state index is 0.0682. The molecule has 0 saturated carbocycles. The molecule has 2 aromatic rings. The molecule has 3 rings (SSSR count). The number of amides is 2. The number of carbonyl (C=O) groups excluding carboxylic acids is 2. The molecule has 3 heterocycles. The molecule has 0 aromatic carbocycles. The molecule has 7 nitrogen and oxygen atoms in total. The van der Waals surface area contributed by atoms with Gasteiger partial charge >= 0.3 is 0 Å². The summed E-state index contributed by atoms with van der Waals surface area (Å²) in [6, 6.07) is -0.109. The van der Waals surface area contributed by atoms with Gasteiger partial charge in [0.15, 0.2) is 0 Å². The fourth-order valence-corrected chi connectivity index (χ4v) is 3.84. The molecule has 2 amide bonds. The minimum atomic E-state index is -0.136. The Hall–Kier alpha value is -2.35. The Morgan fingerprint density at radius 2 is 2.04 bits per heavy atom. The third kappa shape index (κ3) is 3.28. The highest BCUT2D eigenvalue weighted by molar-refractivity contribution is 7.13. The lowest BCUT2D eigenvalue weighted by atomic mass is 10.0. The molecule has 1 saturated heterocycles. The molecule has 2 aromatic heterocycles. The van der Waals surface area contributed by atoms with Crippen LogP contribution in [0, 0.1) is 0 Å². The van der Waals surface area contributed by atoms with Crippen molar-refractivity contribution in [3.63, 3.8) is 0 Å². The number of likely N-dealkylation sites (tertiary alicyclic amines) is 1. The Kier molecular flexibility index (Phi) is 4.84. The van der Waals surface area contributed by atoms with Gasteiger partial charge < -0.3 is 9.80 Å². The van der Waals surface area contributed by atoms with E-state index >= 15 is 0 Å². The van der Waals surface area contributed by atoms with E-state index in [1.807, 2.05) is 0 Å². The van der Waals surface area contributed by atoms with Crippen LogP contribution in [0.15, 0.2) is 24.8 Å². The molecular formula is C16H19N5O2S. The topological polar surface area (TPSA) is 79.3 Å². The highest BCUT2D eigenvalue weighted by Gasteiger charge is 2.32. The third-order valence-electron chi connectivity index (χ3n) is 3.97. The Morgan fingerprint density at radius 3 is 2.75 bits per heavy atom. The van der Waals surface area contributed by atoms with Crippen LogP contribution in [0.4, 0.5) is 0 Å². The van der Waals surface area contributed by atoms with Gasteiger partial charge in [-0.05, 0) is 19.3 Å². The van der Waals surface area contributed by atoms with Crippen LogP contribution >= 0.6 is 11.3 Å². The van der Waals surface area contributed by atoms with Crippen molar-refractivity contribution in [2.24, 2.45) is 0 Å². The molecule has 0 bridgehead atoms. The van der Waals surface area contributed by atoms with Crippen LogP contribution in [-0.4, -0.2) is 57.2 Å². The summed E-state index contributed by atoms with van der Waals surface area (Å²) in [5.41, 5.74) is 0.338. The first-order chi connectivity index (χ1) is 11.6. The molecule has 0 aliphatic carbocycles.